The average molecular weight is 297 g/mol. The summed E-state index contributed by atoms with van der Waals surface area (Å²) in [5.41, 5.74) is 2.46. The van der Waals surface area contributed by atoms with Crippen LogP contribution >= 0.6 is 0 Å². The number of nitriles is 1. The highest BCUT2D eigenvalue weighted by molar-refractivity contribution is 5.54. The number of rotatable bonds is 5. The molecule has 22 heavy (non-hydrogen) atoms. The van der Waals surface area contributed by atoms with Crippen molar-refractivity contribution in [3.8, 4) is 17.6 Å². The highest BCUT2D eigenvalue weighted by atomic mass is 16.5. The van der Waals surface area contributed by atoms with Crippen LogP contribution in [-0.2, 0) is 6.54 Å². The molecule has 0 bridgehead atoms. The number of pyridine rings is 1. The molecule has 5 heteroatoms. The van der Waals surface area contributed by atoms with Gasteiger partial charge in [0.05, 0.1) is 19.8 Å². The molecule has 1 aromatic heterocycles. The number of aromatic nitrogens is 1. The number of aryl methyl sites for hydroxylation is 1. The van der Waals surface area contributed by atoms with Crippen LogP contribution in [0.15, 0.2) is 30.3 Å². The first-order valence-corrected chi connectivity index (χ1v) is 6.88. The van der Waals surface area contributed by atoms with Gasteiger partial charge in [0, 0.05) is 25.4 Å². The first-order chi connectivity index (χ1) is 10.6. The van der Waals surface area contributed by atoms with Gasteiger partial charge < -0.3 is 14.4 Å². The SMILES string of the molecule is COc1cc(CN(C)c2nc(C)ccc2C#N)cc(OC)c1. The summed E-state index contributed by atoms with van der Waals surface area (Å²) in [6.45, 7) is 2.51. The van der Waals surface area contributed by atoms with Crippen molar-refractivity contribution in [2.24, 2.45) is 0 Å². The lowest BCUT2D eigenvalue weighted by Gasteiger charge is -2.20. The Morgan fingerprint density at radius 1 is 1.14 bits per heavy atom. The summed E-state index contributed by atoms with van der Waals surface area (Å²) in [7, 11) is 5.16. The smallest absolute Gasteiger partial charge is 0.146 e. The minimum absolute atomic E-state index is 0.558. The van der Waals surface area contributed by atoms with Crippen LogP contribution in [0, 0.1) is 18.3 Å². The molecule has 0 aliphatic heterocycles. The first kappa shape index (κ1) is 15.6. The number of anilines is 1. The number of benzene rings is 1. The van der Waals surface area contributed by atoms with Gasteiger partial charge in [-0.2, -0.15) is 5.26 Å². The number of hydrogen-bond donors (Lipinski definition) is 0. The van der Waals surface area contributed by atoms with Crippen molar-refractivity contribution in [2.75, 3.05) is 26.2 Å². The summed E-state index contributed by atoms with van der Waals surface area (Å²) in [4.78, 5) is 6.41. The second-order valence-corrected chi connectivity index (χ2v) is 5.01. The van der Waals surface area contributed by atoms with E-state index in [0.29, 0.717) is 17.9 Å². The van der Waals surface area contributed by atoms with Gasteiger partial charge in [-0.1, -0.05) is 0 Å². The molecular formula is C17H19N3O2. The number of hydrogen-bond acceptors (Lipinski definition) is 5. The predicted molar refractivity (Wildman–Crippen MR) is 85.3 cm³/mol. The number of nitrogens with zero attached hydrogens (tertiary/aromatic N) is 3. The molecule has 0 N–H and O–H groups in total. The van der Waals surface area contributed by atoms with Crippen LogP contribution in [0.25, 0.3) is 0 Å². The third-order valence-electron chi connectivity index (χ3n) is 3.33. The van der Waals surface area contributed by atoms with Crippen LogP contribution in [0.3, 0.4) is 0 Å². The molecule has 5 nitrogen and oxygen atoms in total. The van der Waals surface area contributed by atoms with E-state index in [1.807, 2.05) is 43.1 Å². The zero-order valence-electron chi connectivity index (χ0n) is 13.3. The van der Waals surface area contributed by atoms with E-state index < -0.39 is 0 Å². The quantitative estimate of drug-likeness (QED) is 0.849. The molecule has 1 heterocycles. The molecule has 0 saturated carbocycles. The molecule has 0 aliphatic carbocycles. The van der Waals surface area contributed by atoms with Crippen LogP contribution in [0.4, 0.5) is 5.82 Å². The second kappa shape index (κ2) is 6.81. The lowest BCUT2D eigenvalue weighted by molar-refractivity contribution is 0.393. The Bertz CT molecular complexity index is 685. The van der Waals surface area contributed by atoms with Crippen LogP contribution in [-0.4, -0.2) is 26.3 Å². The lowest BCUT2D eigenvalue weighted by Crippen LogP contribution is -2.19. The highest BCUT2D eigenvalue weighted by Gasteiger charge is 2.11. The molecule has 1 aromatic carbocycles. The first-order valence-electron chi connectivity index (χ1n) is 6.88. The van der Waals surface area contributed by atoms with Crippen molar-refractivity contribution in [3.05, 3.63) is 47.2 Å². The van der Waals surface area contributed by atoms with Gasteiger partial charge in [-0.05, 0) is 36.8 Å². The normalized spacial score (nSPS) is 9.95. The number of methoxy groups -OCH3 is 2. The van der Waals surface area contributed by atoms with E-state index in [1.54, 1.807) is 20.3 Å². The molecule has 2 aromatic rings. The Kier molecular flexibility index (Phi) is 4.84. The Balaban J connectivity index is 2.31. The van der Waals surface area contributed by atoms with Crippen molar-refractivity contribution in [2.45, 2.75) is 13.5 Å². The van der Waals surface area contributed by atoms with E-state index in [1.165, 1.54) is 0 Å². The van der Waals surface area contributed by atoms with Gasteiger partial charge >= 0.3 is 0 Å². The standard InChI is InChI=1S/C17H19N3O2/c1-12-5-6-14(10-18)17(19-12)20(2)11-13-7-15(21-3)9-16(8-13)22-4/h5-9H,11H2,1-4H3. The zero-order chi connectivity index (χ0) is 16.1. The fourth-order valence-electron chi connectivity index (χ4n) is 2.23. The molecule has 0 spiro atoms. The maximum absolute atomic E-state index is 9.23. The topological polar surface area (TPSA) is 58.4 Å². The van der Waals surface area contributed by atoms with Crippen molar-refractivity contribution in [1.82, 2.24) is 4.98 Å². The molecule has 0 radical (unpaired) electrons. The van der Waals surface area contributed by atoms with E-state index in [9.17, 15) is 5.26 Å². The van der Waals surface area contributed by atoms with Gasteiger partial charge in [0.15, 0.2) is 0 Å². The fourth-order valence-corrected chi connectivity index (χ4v) is 2.23. The monoisotopic (exact) mass is 297 g/mol. The van der Waals surface area contributed by atoms with Crippen LogP contribution in [0.1, 0.15) is 16.8 Å². The Morgan fingerprint density at radius 3 is 2.32 bits per heavy atom. The van der Waals surface area contributed by atoms with Crippen molar-refractivity contribution < 1.29 is 9.47 Å². The van der Waals surface area contributed by atoms with E-state index in [4.69, 9.17) is 9.47 Å². The van der Waals surface area contributed by atoms with Crippen LogP contribution in [0.5, 0.6) is 11.5 Å². The fraction of sp³-hybridized carbons (Fsp3) is 0.294. The zero-order valence-corrected chi connectivity index (χ0v) is 13.3. The third-order valence-corrected chi connectivity index (χ3v) is 3.33. The molecule has 0 unspecified atom stereocenters. The van der Waals surface area contributed by atoms with Gasteiger partial charge in [-0.3, -0.25) is 0 Å². The minimum atomic E-state index is 0.558. The number of ether oxygens (including phenoxy) is 2. The van der Waals surface area contributed by atoms with Crippen LogP contribution < -0.4 is 14.4 Å². The Morgan fingerprint density at radius 2 is 1.77 bits per heavy atom. The molecule has 2 rings (SSSR count). The Hall–Kier alpha value is -2.74. The average Bonchev–Trinajstić information content (AvgIpc) is 2.54. The van der Waals surface area contributed by atoms with E-state index in [0.717, 1.165) is 22.8 Å². The van der Waals surface area contributed by atoms with Gasteiger partial charge in [0.2, 0.25) is 0 Å². The van der Waals surface area contributed by atoms with Gasteiger partial charge in [-0.25, -0.2) is 4.98 Å². The molecule has 0 fully saturated rings. The summed E-state index contributed by atoms with van der Waals surface area (Å²) in [5, 5.41) is 9.23. The second-order valence-electron chi connectivity index (χ2n) is 5.01. The molecule has 0 aliphatic rings. The summed E-state index contributed by atoms with van der Waals surface area (Å²) in [6.07, 6.45) is 0. The molecular weight excluding hydrogens is 278 g/mol. The van der Waals surface area contributed by atoms with Gasteiger partial charge in [0.25, 0.3) is 0 Å². The minimum Gasteiger partial charge on any atom is -0.497 e. The highest BCUT2D eigenvalue weighted by Crippen LogP contribution is 2.25. The lowest BCUT2D eigenvalue weighted by atomic mass is 10.1. The molecule has 0 saturated heterocycles. The maximum atomic E-state index is 9.23. The van der Waals surface area contributed by atoms with E-state index in [-0.39, 0.29) is 0 Å². The van der Waals surface area contributed by atoms with Crippen LogP contribution in [0.2, 0.25) is 0 Å². The van der Waals surface area contributed by atoms with Crippen molar-refractivity contribution in [3.63, 3.8) is 0 Å². The van der Waals surface area contributed by atoms with E-state index in [2.05, 4.69) is 11.1 Å². The maximum Gasteiger partial charge on any atom is 0.146 e. The van der Waals surface area contributed by atoms with Gasteiger partial charge in [-0.15, -0.1) is 0 Å². The summed E-state index contributed by atoms with van der Waals surface area (Å²) < 4.78 is 10.6. The molecule has 0 amide bonds. The van der Waals surface area contributed by atoms with Gasteiger partial charge in [0.1, 0.15) is 23.4 Å². The van der Waals surface area contributed by atoms with Crippen molar-refractivity contribution >= 4 is 5.82 Å². The third kappa shape index (κ3) is 3.47. The van der Waals surface area contributed by atoms with Crippen molar-refractivity contribution in [1.29, 1.82) is 5.26 Å². The summed E-state index contributed by atoms with van der Waals surface area (Å²) in [6, 6.07) is 11.5. The molecule has 0 atom stereocenters. The predicted octanol–water partition coefficient (Wildman–Crippen LogP) is 2.92. The summed E-state index contributed by atoms with van der Waals surface area (Å²) >= 11 is 0. The summed E-state index contributed by atoms with van der Waals surface area (Å²) in [5.74, 6) is 2.14. The molecule has 114 valence electrons. The Labute approximate surface area is 130 Å². The van der Waals surface area contributed by atoms with E-state index >= 15 is 0 Å². The largest absolute Gasteiger partial charge is 0.497 e.